The van der Waals surface area contributed by atoms with Crippen molar-refractivity contribution in [1.82, 2.24) is 14.3 Å². The lowest BCUT2D eigenvalue weighted by molar-refractivity contribution is 0.300. The van der Waals surface area contributed by atoms with Crippen molar-refractivity contribution in [3.63, 3.8) is 0 Å². The van der Waals surface area contributed by atoms with Gasteiger partial charge in [0.1, 0.15) is 0 Å². The zero-order valence-corrected chi connectivity index (χ0v) is 9.61. The molecule has 0 amide bonds. The number of thioether (sulfide) groups is 1. The van der Waals surface area contributed by atoms with E-state index in [1.165, 1.54) is 14.1 Å². The molecule has 0 aliphatic carbocycles. The Balaban J connectivity index is 3.21. The quantitative estimate of drug-likeness (QED) is 0.672. The van der Waals surface area contributed by atoms with Gasteiger partial charge in [0.05, 0.1) is 6.61 Å². The Hall–Kier alpha value is -1.08. The molecule has 1 rings (SSSR count). The Bertz CT molecular complexity index is 465. The molecule has 1 aromatic rings. The van der Waals surface area contributed by atoms with E-state index in [2.05, 4.69) is 5.10 Å². The van der Waals surface area contributed by atoms with E-state index in [-0.39, 0.29) is 16.9 Å². The minimum atomic E-state index is -0.457. The van der Waals surface area contributed by atoms with Crippen LogP contribution in [0.1, 0.15) is 6.92 Å². The molecule has 1 atom stereocenters. The maximum atomic E-state index is 11.6. The van der Waals surface area contributed by atoms with Gasteiger partial charge in [0.15, 0.2) is 5.03 Å². The third kappa shape index (κ3) is 2.48. The first-order valence-corrected chi connectivity index (χ1v) is 5.27. The number of aromatic nitrogens is 3. The number of nitrogens with zero attached hydrogens (tertiary/aromatic N) is 3. The molecule has 7 heteroatoms. The minimum absolute atomic E-state index is 0.0433. The molecule has 15 heavy (non-hydrogen) atoms. The van der Waals surface area contributed by atoms with Crippen molar-refractivity contribution < 1.29 is 5.11 Å². The SMILES string of the molecule is CC(CO)Sc1nn(C)c(=O)n(C)c1=O. The Morgan fingerprint density at radius 1 is 1.47 bits per heavy atom. The fourth-order valence-electron chi connectivity index (χ4n) is 0.971. The van der Waals surface area contributed by atoms with E-state index < -0.39 is 11.2 Å². The summed E-state index contributed by atoms with van der Waals surface area (Å²) >= 11 is 1.15. The van der Waals surface area contributed by atoms with Crippen molar-refractivity contribution in [3.8, 4) is 0 Å². The molecule has 0 saturated carbocycles. The third-order valence-electron chi connectivity index (χ3n) is 1.86. The summed E-state index contributed by atoms with van der Waals surface area (Å²) in [5.74, 6) is 0. The predicted octanol–water partition coefficient (Wildman–Crippen LogP) is -1.05. The summed E-state index contributed by atoms with van der Waals surface area (Å²) in [6.45, 7) is 1.73. The second-order valence-corrected chi connectivity index (χ2v) is 4.61. The van der Waals surface area contributed by atoms with Crippen molar-refractivity contribution in [2.24, 2.45) is 14.1 Å². The monoisotopic (exact) mass is 231 g/mol. The molecule has 1 heterocycles. The maximum absolute atomic E-state index is 11.6. The molecule has 1 aromatic heterocycles. The van der Waals surface area contributed by atoms with Crippen molar-refractivity contribution >= 4 is 11.8 Å². The Kier molecular flexibility index (Phi) is 3.70. The van der Waals surface area contributed by atoms with Crippen LogP contribution in [0.15, 0.2) is 14.6 Å². The van der Waals surface area contributed by atoms with Gasteiger partial charge < -0.3 is 5.11 Å². The van der Waals surface area contributed by atoms with Crippen molar-refractivity contribution in [1.29, 1.82) is 0 Å². The second kappa shape index (κ2) is 4.63. The van der Waals surface area contributed by atoms with Crippen LogP contribution in [0.2, 0.25) is 0 Å². The highest BCUT2D eigenvalue weighted by molar-refractivity contribution is 7.99. The summed E-state index contributed by atoms with van der Waals surface area (Å²) in [5.41, 5.74) is -0.885. The summed E-state index contributed by atoms with van der Waals surface area (Å²) in [5, 5.41) is 12.8. The maximum Gasteiger partial charge on any atom is 0.346 e. The smallest absolute Gasteiger partial charge is 0.346 e. The molecule has 0 aliphatic heterocycles. The average molecular weight is 231 g/mol. The zero-order valence-electron chi connectivity index (χ0n) is 8.80. The molecule has 1 unspecified atom stereocenters. The van der Waals surface area contributed by atoms with Crippen LogP contribution >= 0.6 is 11.8 Å². The summed E-state index contributed by atoms with van der Waals surface area (Å²) in [6.07, 6.45) is 0. The normalized spacial score (nSPS) is 12.8. The fraction of sp³-hybridized carbons (Fsp3) is 0.625. The lowest BCUT2D eigenvalue weighted by atomic mass is 10.5. The lowest BCUT2D eigenvalue weighted by Crippen LogP contribution is -2.39. The van der Waals surface area contributed by atoms with E-state index >= 15 is 0 Å². The second-order valence-electron chi connectivity index (χ2n) is 3.19. The number of aliphatic hydroxyl groups is 1. The van der Waals surface area contributed by atoms with Crippen molar-refractivity contribution in [3.05, 3.63) is 20.8 Å². The average Bonchev–Trinajstić information content (AvgIpc) is 2.22. The van der Waals surface area contributed by atoms with Gasteiger partial charge in [0.25, 0.3) is 5.56 Å². The van der Waals surface area contributed by atoms with Crippen LogP contribution in [0, 0.1) is 0 Å². The highest BCUT2D eigenvalue weighted by Gasteiger charge is 2.12. The fourth-order valence-corrected chi connectivity index (χ4v) is 1.83. The Labute approximate surface area is 90.5 Å². The molecular weight excluding hydrogens is 218 g/mol. The number of rotatable bonds is 3. The van der Waals surface area contributed by atoms with Crippen LogP contribution in [-0.4, -0.2) is 31.3 Å². The standard InChI is InChI=1S/C8H13N3O3S/c1-5(4-12)15-6-7(13)10(2)8(14)11(3)9-6/h5,12H,4H2,1-3H3. The molecule has 0 radical (unpaired) electrons. The van der Waals surface area contributed by atoms with Crippen molar-refractivity contribution in [2.45, 2.75) is 17.2 Å². The van der Waals surface area contributed by atoms with Gasteiger partial charge in [-0.3, -0.25) is 9.36 Å². The van der Waals surface area contributed by atoms with Gasteiger partial charge in [-0.2, -0.15) is 5.10 Å². The molecule has 1 N–H and O–H groups in total. The van der Waals surface area contributed by atoms with Crippen LogP contribution in [0.25, 0.3) is 0 Å². The number of aryl methyl sites for hydroxylation is 1. The highest BCUT2D eigenvalue weighted by atomic mass is 32.2. The molecule has 84 valence electrons. The van der Waals surface area contributed by atoms with Crippen LogP contribution < -0.4 is 11.2 Å². The first-order chi connectivity index (χ1) is 6.97. The molecule has 0 aliphatic rings. The van der Waals surface area contributed by atoms with Gasteiger partial charge in [0, 0.05) is 19.3 Å². The van der Waals surface area contributed by atoms with Gasteiger partial charge in [-0.15, -0.1) is 0 Å². The van der Waals surface area contributed by atoms with E-state index in [4.69, 9.17) is 5.11 Å². The molecular formula is C8H13N3O3S. The first kappa shape index (κ1) is 12.0. The molecule has 0 aromatic carbocycles. The van der Waals surface area contributed by atoms with Gasteiger partial charge in [-0.05, 0) is 0 Å². The predicted molar refractivity (Wildman–Crippen MR) is 57.1 cm³/mol. The highest BCUT2D eigenvalue weighted by Crippen LogP contribution is 2.15. The summed E-state index contributed by atoms with van der Waals surface area (Å²) in [7, 11) is 2.88. The Morgan fingerprint density at radius 2 is 2.07 bits per heavy atom. The van der Waals surface area contributed by atoms with Crippen LogP contribution in [0.4, 0.5) is 0 Å². The third-order valence-corrected chi connectivity index (χ3v) is 2.89. The molecule has 0 fully saturated rings. The lowest BCUT2D eigenvalue weighted by Gasteiger charge is -2.08. The van der Waals surface area contributed by atoms with Gasteiger partial charge in [-0.25, -0.2) is 9.48 Å². The van der Waals surface area contributed by atoms with Crippen LogP contribution in [0.5, 0.6) is 0 Å². The number of hydrogen-bond donors (Lipinski definition) is 1. The van der Waals surface area contributed by atoms with E-state index in [0.29, 0.717) is 0 Å². The zero-order chi connectivity index (χ0) is 11.6. The molecule has 0 bridgehead atoms. The molecule has 0 saturated heterocycles. The van der Waals surface area contributed by atoms with Crippen LogP contribution in [-0.2, 0) is 14.1 Å². The largest absolute Gasteiger partial charge is 0.395 e. The topological polar surface area (TPSA) is 77.1 Å². The number of aliphatic hydroxyl groups excluding tert-OH is 1. The summed E-state index contributed by atoms with van der Waals surface area (Å²) in [4.78, 5) is 22.9. The van der Waals surface area contributed by atoms with Crippen molar-refractivity contribution in [2.75, 3.05) is 6.61 Å². The summed E-state index contributed by atoms with van der Waals surface area (Å²) < 4.78 is 2.10. The van der Waals surface area contributed by atoms with Gasteiger partial charge >= 0.3 is 5.69 Å². The van der Waals surface area contributed by atoms with Crippen LogP contribution in [0.3, 0.4) is 0 Å². The first-order valence-electron chi connectivity index (χ1n) is 4.39. The Morgan fingerprint density at radius 3 is 2.60 bits per heavy atom. The van der Waals surface area contributed by atoms with E-state index in [9.17, 15) is 9.59 Å². The van der Waals surface area contributed by atoms with Gasteiger partial charge in [-0.1, -0.05) is 18.7 Å². The number of hydrogen-bond acceptors (Lipinski definition) is 5. The van der Waals surface area contributed by atoms with E-state index in [0.717, 1.165) is 21.0 Å². The molecule has 0 spiro atoms. The van der Waals surface area contributed by atoms with E-state index in [1.54, 1.807) is 6.92 Å². The van der Waals surface area contributed by atoms with E-state index in [1.807, 2.05) is 0 Å². The summed E-state index contributed by atoms with van der Waals surface area (Å²) in [6, 6.07) is 0. The molecule has 6 nitrogen and oxygen atoms in total. The van der Waals surface area contributed by atoms with Gasteiger partial charge in [0.2, 0.25) is 0 Å². The minimum Gasteiger partial charge on any atom is -0.395 e.